The highest BCUT2D eigenvalue weighted by Crippen LogP contribution is 2.28. The van der Waals surface area contributed by atoms with Crippen molar-refractivity contribution in [3.05, 3.63) is 66.2 Å². The minimum Gasteiger partial charge on any atom is -0.508 e. The van der Waals surface area contributed by atoms with Gasteiger partial charge >= 0.3 is 5.95 Å². The van der Waals surface area contributed by atoms with Gasteiger partial charge in [0.05, 0.1) is 13.1 Å². The highest BCUT2D eigenvalue weighted by atomic mass is 16.3. The average Bonchev–Trinajstić information content (AvgIpc) is 3.30. The second kappa shape index (κ2) is 15.4. The molecule has 0 fully saturated rings. The number of phenols is 1. The summed E-state index contributed by atoms with van der Waals surface area (Å²) < 4.78 is 2.37. The van der Waals surface area contributed by atoms with Crippen LogP contribution in [0.2, 0.25) is 0 Å². The summed E-state index contributed by atoms with van der Waals surface area (Å²) >= 11 is 0. The maximum atomic E-state index is 10.6. The molecule has 0 bridgehead atoms. The van der Waals surface area contributed by atoms with E-state index < -0.39 is 0 Å². The Kier molecular flexibility index (Phi) is 11.4. The molecule has 0 atom stereocenters. The van der Waals surface area contributed by atoms with E-state index in [2.05, 4.69) is 58.2 Å². The first kappa shape index (κ1) is 28.0. The van der Waals surface area contributed by atoms with Crippen LogP contribution in [0.3, 0.4) is 0 Å². The topological polar surface area (TPSA) is 51.9 Å². The number of phenolic OH excluding ortho intramolecular Hbond substituents is 1. The summed E-state index contributed by atoms with van der Waals surface area (Å²) in [5.41, 5.74) is 3.30. The summed E-state index contributed by atoms with van der Waals surface area (Å²) in [6, 6.07) is 20.5. The molecular formula is C34H48N3O+. The number of para-hydroxylation sites is 2. The predicted octanol–water partition coefficient (Wildman–Crippen LogP) is 9.41. The fourth-order valence-corrected chi connectivity index (χ4v) is 5.65. The van der Waals surface area contributed by atoms with E-state index in [1.54, 1.807) is 6.07 Å². The van der Waals surface area contributed by atoms with Gasteiger partial charge < -0.3 is 5.11 Å². The lowest BCUT2D eigenvalue weighted by Crippen LogP contribution is -2.36. The predicted molar refractivity (Wildman–Crippen MR) is 162 cm³/mol. The number of aryl methyl sites for hydroxylation is 1. The van der Waals surface area contributed by atoms with Gasteiger partial charge in [0.15, 0.2) is 0 Å². The molecular weight excluding hydrogens is 466 g/mol. The number of nitrogens with zero attached hydrogens (tertiary/aromatic N) is 1. The molecule has 0 unspecified atom stereocenters. The lowest BCUT2D eigenvalue weighted by Gasteiger charge is -2.09. The largest absolute Gasteiger partial charge is 0.508 e. The fourth-order valence-electron chi connectivity index (χ4n) is 5.65. The highest BCUT2D eigenvalue weighted by Gasteiger charge is 2.18. The molecule has 0 saturated carbocycles. The van der Waals surface area contributed by atoms with Gasteiger partial charge in [-0.15, -0.1) is 0 Å². The Morgan fingerprint density at radius 1 is 0.684 bits per heavy atom. The van der Waals surface area contributed by atoms with E-state index in [1.807, 2.05) is 18.2 Å². The number of hydrogen-bond donors (Lipinski definition) is 3. The third-order valence-corrected chi connectivity index (χ3v) is 7.90. The van der Waals surface area contributed by atoms with Gasteiger partial charge in [0, 0.05) is 5.56 Å². The summed E-state index contributed by atoms with van der Waals surface area (Å²) in [5, 5.41) is 16.4. The molecule has 4 heteroatoms. The van der Waals surface area contributed by atoms with Crippen molar-refractivity contribution in [1.29, 1.82) is 0 Å². The Morgan fingerprint density at radius 3 is 2.00 bits per heavy atom. The molecule has 0 saturated heterocycles. The van der Waals surface area contributed by atoms with Crippen molar-refractivity contribution in [1.82, 2.24) is 4.98 Å². The lowest BCUT2D eigenvalue weighted by atomic mass is 10.0. The first-order valence-corrected chi connectivity index (χ1v) is 15.2. The van der Waals surface area contributed by atoms with Crippen molar-refractivity contribution < 1.29 is 9.67 Å². The fraction of sp³-hybridized carbons (Fsp3) is 0.500. The monoisotopic (exact) mass is 514 g/mol. The molecule has 0 spiro atoms. The average molecular weight is 515 g/mol. The number of aromatic nitrogens is 2. The highest BCUT2D eigenvalue weighted by molar-refractivity contribution is 5.87. The van der Waals surface area contributed by atoms with Crippen molar-refractivity contribution in [2.75, 3.05) is 5.32 Å². The van der Waals surface area contributed by atoms with Crippen LogP contribution in [0, 0.1) is 0 Å². The van der Waals surface area contributed by atoms with Gasteiger partial charge in [-0.05, 0) is 35.4 Å². The third kappa shape index (κ3) is 7.99. The van der Waals surface area contributed by atoms with Crippen LogP contribution in [0.4, 0.5) is 5.95 Å². The van der Waals surface area contributed by atoms with Gasteiger partial charge in [0.2, 0.25) is 0 Å². The number of hydrogen-bond acceptors (Lipinski definition) is 2. The zero-order chi connectivity index (χ0) is 26.4. The molecule has 1 aromatic heterocycles. The summed E-state index contributed by atoms with van der Waals surface area (Å²) in [7, 11) is 0. The van der Waals surface area contributed by atoms with E-state index in [1.165, 1.54) is 95.4 Å². The second-order valence-corrected chi connectivity index (χ2v) is 10.9. The Hall–Kier alpha value is -3.01. The Labute approximate surface area is 229 Å². The van der Waals surface area contributed by atoms with E-state index in [0.717, 1.165) is 34.3 Å². The number of anilines is 1. The molecule has 0 radical (unpaired) electrons. The van der Waals surface area contributed by atoms with Gasteiger partial charge in [0.1, 0.15) is 16.8 Å². The number of aromatic hydroxyl groups is 1. The van der Waals surface area contributed by atoms with E-state index >= 15 is 0 Å². The second-order valence-electron chi connectivity index (χ2n) is 10.9. The Balaban J connectivity index is 1.22. The number of fused-ring (bicyclic) bond motifs is 2. The van der Waals surface area contributed by atoms with Gasteiger partial charge in [0.25, 0.3) is 0 Å². The Morgan fingerprint density at radius 2 is 1.29 bits per heavy atom. The van der Waals surface area contributed by atoms with E-state index in [4.69, 9.17) is 0 Å². The van der Waals surface area contributed by atoms with Crippen LogP contribution in [-0.2, 0) is 13.1 Å². The van der Waals surface area contributed by atoms with Crippen molar-refractivity contribution in [2.24, 2.45) is 0 Å². The van der Waals surface area contributed by atoms with Crippen molar-refractivity contribution in [2.45, 2.75) is 110 Å². The summed E-state index contributed by atoms with van der Waals surface area (Å²) in [6.07, 6.45) is 19.3. The number of nitrogens with one attached hydrogen (secondary N) is 2. The summed E-state index contributed by atoms with van der Waals surface area (Å²) in [4.78, 5) is 3.57. The molecule has 1 heterocycles. The minimum atomic E-state index is 0.339. The normalized spacial score (nSPS) is 11.5. The van der Waals surface area contributed by atoms with Gasteiger partial charge in [-0.25, -0.2) is 9.55 Å². The number of H-pyrrole nitrogens is 1. The van der Waals surface area contributed by atoms with Crippen LogP contribution in [0.5, 0.6) is 5.75 Å². The van der Waals surface area contributed by atoms with Crippen molar-refractivity contribution in [3.8, 4) is 5.75 Å². The van der Waals surface area contributed by atoms with Crippen LogP contribution in [-0.4, -0.2) is 10.1 Å². The third-order valence-electron chi connectivity index (χ3n) is 7.90. The number of benzene rings is 3. The van der Waals surface area contributed by atoms with Crippen molar-refractivity contribution in [3.63, 3.8) is 0 Å². The quantitative estimate of drug-likeness (QED) is 0.0915. The van der Waals surface area contributed by atoms with E-state index in [-0.39, 0.29) is 0 Å². The molecule has 0 aliphatic rings. The van der Waals surface area contributed by atoms with Gasteiger partial charge in [-0.1, -0.05) is 133 Å². The number of unbranched alkanes of at least 4 members (excludes halogenated alkanes) is 13. The van der Waals surface area contributed by atoms with E-state index in [9.17, 15) is 5.11 Å². The molecule has 3 aromatic carbocycles. The molecule has 204 valence electrons. The van der Waals surface area contributed by atoms with Crippen LogP contribution in [0.1, 0.15) is 102 Å². The lowest BCUT2D eigenvalue weighted by molar-refractivity contribution is -0.657. The molecule has 3 N–H and O–H groups in total. The van der Waals surface area contributed by atoms with E-state index in [0.29, 0.717) is 12.3 Å². The summed E-state index contributed by atoms with van der Waals surface area (Å²) in [5.74, 6) is 1.35. The maximum Gasteiger partial charge on any atom is 0.356 e. The Bertz CT molecular complexity index is 1250. The molecule has 4 aromatic rings. The maximum absolute atomic E-state index is 10.6. The molecule has 38 heavy (non-hydrogen) atoms. The molecule has 0 aliphatic heterocycles. The van der Waals surface area contributed by atoms with Gasteiger partial charge in [-0.2, -0.15) is 0 Å². The number of rotatable bonds is 18. The first-order valence-electron chi connectivity index (χ1n) is 15.2. The minimum absolute atomic E-state index is 0.339. The van der Waals surface area contributed by atoms with Gasteiger partial charge in [-0.3, -0.25) is 5.32 Å². The standard InChI is InChI=1S/C34H47N3O/c1-2-3-4-5-6-7-8-9-10-11-12-13-14-19-26-37-32-23-18-17-22-31(32)36-34(37)35-27-30-29-21-16-15-20-28(29)24-25-33(30)38/h15-18,20-25H,2-14,19,26-27H2,1H3,(H2,35,36,38)/p+1. The number of aromatic amines is 1. The smallest absolute Gasteiger partial charge is 0.356 e. The zero-order valence-electron chi connectivity index (χ0n) is 23.5. The van der Waals surface area contributed by atoms with Crippen LogP contribution in [0.25, 0.3) is 21.8 Å². The first-order chi connectivity index (χ1) is 18.8. The van der Waals surface area contributed by atoms with Crippen LogP contribution < -0.4 is 9.88 Å². The molecule has 0 aliphatic carbocycles. The van der Waals surface area contributed by atoms with Crippen LogP contribution >= 0.6 is 0 Å². The number of imidazole rings is 1. The molecule has 0 amide bonds. The zero-order valence-corrected chi connectivity index (χ0v) is 23.5. The summed E-state index contributed by atoms with van der Waals surface area (Å²) in [6.45, 7) is 3.85. The van der Waals surface area contributed by atoms with Crippen molar-refractivity contribution >= 4 is 27.8 Å². The molecule has 4 nitrogen and oxygen atoms in total. The SMILES string of the molecule is CCCCCCCCCCCCCCCC[n+]1c(NCc2c(O)ccc3ccccc23)[nH]c2ccccc21. The van der Waals surface area contributed by atoms with Crippen LogP contribution in [0.15, 0.2) is 60.7 Å². The molecule has 4 rings (SSSR count).